The van der Waals surface area contributed by atoms with Crippen molar-refractivity contribution in [1.82, 2.24) is 10.2 Å². The van der Waals surface area contributed by atoms with Crippen molar-refractivity contribution in [2.24, 2.45) is 0 Å². The molecule has 100 valence electrons. The molecule has 4 heteroatoms. The first-order valence-corrected chi connectivity index (χ1v) is 6.88. The number of phenols is 1. The highest BCUT2D eigenvalue weighted by Crippen LogP contribution is 2.31. The smallest absolute Gasteiger partial charge is 0.122 e. The first-order chi connectivity index (χ1) is 8.59. The van der Waals surface area contributed by atoms with E-state index in [2.05, 4.69) is 10.2 Å². The van der Waals surface area contributed by atoms with E-state index in [9.17, 15) is 5.11 Å². The molecule has 2 rings (SSSR count). The van der Waals surface area contributed by atoms with Gasteiger partial charge in [0.25, 0.3) is 0 Å². The highest BCUT2D eigenvalue weighted by Gasteiger charge is 2.14. The van der Waals surface area contributed by atoms with Gasteiger partial charge >= 0.3 is 0 Å². The van der Waals surface area contributed by atoms with Gasteiger partial charge in [0.1, 0.15) is 5.75 Å². The Morgan fingerprint density at radius 1 is 1.33 bits per heavy atom. The van der Waals surface area contributed by atoms with Crippen molar-refractivity contribution in [2.45, 2.75) is 20.3 Å². The molecule has 18 heavy (non-hydrogen) atoms. The maximum atomic E-state index is 10.1. The summed E-state index contributed by atoms with van der Waals surface area (Å²) in [5, 5.41) is 14.2. The van der Waals surface area contributed by atoms with Gasteiger partial charge in [0.15, 0.2) is 0 Å². The molecule has 0 aromatic heterocycles. The number of nitrogens with one attached hydrogen (secondary N) is 1. The van der Waals surface area contributed by atoms with Gasteiger partial charge in [-0.05, 0) is 43.0 Å². The second kappa shape index (κ2) is 5.91. The minimum atomic E-state index is 0.409. The van der Waals surface area contributed by atoms with E-state index in [1.165, 1.54) is 0 Å². The standard InChI is InChI=1S/C14H21ClN2O/c1-10-9-13(15)11(2)12(14(10)18)3-6-17-7-4-16-5-8-17/h9,16,18H,3-8H2,1-2H3. The molecule has 1 aromatic rings. The predicted molar refractivity (Wildman–Crippen MR) is 75.6 cm³/mol. The van der Waals surface area contributed by atoms with Gasteiger partial charge in [0.2, 0.25) is 0 Å². The summed E-state index contributed by atoms with van der Waals surface area (Å²) in [6.07, 6.45) is 0.860. The van der Waals surface area contributed by atoms with E-state index in [1.54, 1.807) is 0 Å². The van der Waals surface area contributed by atoms with Crippen LogP contribution in [0, 0.1) is 13.8 Å². The summed E-state index contributed by atoms with van der Waals surface area (Å²) in [6.45, 7) is 9.14. The Morgan fingerprint density at radius 2 is 2.00 bits per heavy atom. The van der Waals surface area contributed by atoms with Crippen LogP contribution in [0.1, 0.15) is 16.7 Å². The molecule has 1 fully saturated rings. The number of rotatable bonds is 3. The molecule has 0 saturated carbocycles. The molecule has 2 N–H and O–H groups in total. The minimum Gasteiger partial charge on any atom is -0.507 e. The third kappa shape index (κ3) is 2.97. The number of aryl methyl sites for hydroxylation is 1. The van der Waals surface area contributed by atoms with Crippen LogP contribution in [0.15, 0.2) is 6.07 Å². The second-order valence-corrected chi connectivity index (χ2v) is 5.38. The largest absolute Gasteiger partial charge is 0.507 e. The lowest BCUT2D eigenvalue weighted by molar-refractivity contribution is 0.243. The molecule has 1 aromatic carbocycles. The van der Waals surface area contributed by atoms with Crippen molar-refractivity contribution in [1.29, 1.82) is 0 Å². The number of hydrogen-bond donors (Lipinski definition) is 2. The number of nitrogens with zero attached hydrogens (tertiary/aromatic N) is 1. The fourth-order valence-electron chi connectivity index (χ4n) is 2.44. The van der Waals surface area contributed by atoms with Crippen LogP contribution in [0.2, 0.25) is 5.02 Å². The molecule has 0 amide bonds. The molecule has 0 bridgehead atoms. The topological polar surface area (TPSA) is 35.5 Å². The summed E-state index contributed by atoms with van der Waals surface area (Å²) < 4.78 is 0. The van der Waals surface area contributed by atoms with Crippen molar-refractivity contribution in [3.63, 3.8) is 0 Å². The number of hydrogen-bond acceptors (Lipinski definition) is 3. The first-order valence-electron chi connectivity index (χ1n) is 6.50. The third-order valence-electron chi connectivity index (χ3n) is 3.70. The highest BCUT2D eigenvalue weighted by atomic mass is 35.5. The van der Waals surface area contributed by atoms with Gasteiger partial charge in [-0.15, -0.1) is 0 Å². The zero-order chi connectivity index (χ0) is 13.1. The lowest BCUT2D eigenvalue weighted by atomic mass is 10.0. The SMILES string of the molecule is Cc1cc(Cl)c(C)c(CCN2CCNCC2)c1O. The van der Waals surface area contributed by atoms with E-state index in [0.29, 0.717) is 5.75 Å². The molecule has 0 atom stereocenters. The number of phenolic OH excluding ortho intramolecular Hbond substituents is 1. The molecule has 1 saturated heterocycles. The van der Waals surface area contributed by atoms with E-state index in [4.69, 9.17) is 11.6 Å². The van der Waals surface area contributed by atoms with Crippen LogP contribution in [0.5, 0.6) is 5.75 Å². The van der Waals surface area contributed by atoms with Gasteiger partial charge in [0.05, 0.1) is 0 Å². The van der Waals surface area contributed by atoms with Crippen LogP contribution >= 0.6 is 11.6 Å². The summed E-state index contributed by atoms with van der Waals surface area (Å²) in [7, 11) is 0. The van der Waals surface area contributed by atoms with Gasteiger partial charge in [-0.1, -0.05) is 11.6 Å². The van der Waals surface area contributed by atoms with E-state index in [0.717, 1.165) is 60.9 Å². The van der Waals surface area contributed by atoms with Crippen LogP contribution in [0.3, 0.4) is 0 Å². The average molecular weight is 269 g/mol. The summed E-state index contributed by atoms with van der Waals surface area (Å²) >= 11 is 6.18. The van der Waals surface area contributed by atoms with Crippen LogP contribution < -0.4 is 5.32 Å². The van der Waals surface area contributed by atoms with Gasteiger partial charge in [-0.2, -0.15) is 0 Å². The molecule has 0 radical (unpaired) electrons. The highest BCUT2D eigenvalue weighted by molar-refractivity contribution is 6.31. The molecule has 1 heterocycles. The molecular weight excluding hydrogens is 248 g/mol. The van der Waals surface area contributed by atoms with Crippen molar-refractivity contribution in [2.75, 3.05) is 32.7 Å². The van der Waals surface area contributed by atoms with Crippen molar-refractivity contribution < 1.29 is 5.11 Å². The van der Waals surface area contributed by atoms with Crippen LogP contribution in [0.4, 0.5) is 0 Å². The molecule has 0 aliphatic carbocycles. The number of benzene rings is 1. The van der Waals surface area contributed by atoms with Crippen LogP contribution in [0.25, 0.3) is 0 Å². The summed E-state index contributed by atoms with van der Waals surface area (Å²) in [6, 6.07) is 1.83. The maximum absolute atomic E-state index is 10.1. The van der Waals surface area contributed by atoms with Crippen molar-refractivity contribution >= 4 is 11.6 Å². The van der Waals surface area contributed by atoms with Crippen LogP contribution in [-0.2, 0) is 6.42 Å². The maximum Gasteiger partial charge on any atom is 0.122 e. The second-order valence-electron chi connectivity index (χ2n) is 4.97. The van der Waals surface area contributed by atoms with Crippen molar-refractivity contribution in [3.05, 3.63) is 27.8 Å². The van der Waals surface area contributed by atoms with Crippen LogP contribution in [-0.4, -0.2) is 42.7 Å². The van der Waals surface area contributed by atoms with Gasteiger partial charge in [-0.25, -0.2) is 0 Å². The Balaban J connectivity index is 2.08. The first kappa shape index (κ1) is 13.7. The Labute approximate surface area is 114 Å². The summed E-state index contributed by atoms with van der Waals surface area (Å²) in [5.41, 5.74) is 2.87. The molecule has 0 spiro atoms. The molecule has 1 aliphatic heterocycles. The third-order valence-corrected chi connectivity index (χ3v) is 4.09. The van der Waals surface area contributed by atoms with E-state index >= 15 is 0 Å². The molecule has 0 unspecified atom stereocenters. The summed E-state index contributed by atoms with van der Waals surface area (Å²) in [5.74, 6) is 0.409. The fraction of sp³-hybridized carbons (Fsp3) is 0.571. The minimum absolute atomic E-state index is 0.409. The number of aromatic hydroxyl groups is 1. The molecular formula is C14H21ClN2O. The molecule has 1 aliphatic rings. The lowest BCUT2D eigenvalue weighted by Crippen LogP contribution is -2.44. The van der Waals surface area contributed by atoms with Gasteiger partial charge < -0.3 is 15.3 Å². The zero-order valence-corrected chi connectivity index (χ0v) is 11.8. The Morgan fingerprint density at radius 3 is 2.67 bits per heavy atom. The Bertz CT molecular complexity index is 402. The van der Waals surface area contributed by atoms with Crippen molar-refractivity contribution in [3.8, 4) is 5.75 Å². The Hall–Kier alpha value is -0.770. The van der Waals surface area contributed by atoms with E-state index in [-0.39, 0.29) is 0 Å². The van der Waals surface area contributed by atoms with Gasteiger partial charge in [-0.3, -0.25) is 0 Å². The zero-order valence-electron chi connectivity index (χ0n) is 11.1. The number of halogens is 1. The van der Waals surface area contributed by atoms with E-state index < -0.39 is 0 Å². The summed E-state index contributed by atoms with van der Waals surface area (Å²) in [4.78, 5) is 2.42. The van der Waals surface area contributed by atoms with E-state index in [1.807, 2.05) is 19.9 Å². The monoisotopic (exact) mass is 268 g/mol. The number of piperazine rings is 1. The Kier molecular flexibility index (Phi) is 4.49. The quantitative estimate of drug-likeness (QED) is 0.881. The fourth-order valence-corrected chi connectivity index (χ4v) is 2.71. The lowest BCUT2D eigenvalue weighted by Gasteiger charge is -2.27. The predicted octanol–water partition coefficient (Wildman–Crippen LogP) is 2.11. The average Bonchev–Trinajstić information content (AvgIpc) is 2.38. The van der Waals surface area contributed by atoms with Gasteiger partial charge in [0, 0.05) is 37.7 Å². The molecule has 3 nitrogen and oxygen atoms in total. The normalized spacial score (nSPS) is 17.1.